The molecule has 4 rings (SSSR count). The fraction of sp³-hybridized carbons (Fsp3) is 0. The Hall–Kier alpha value is -2.49. The standard InChI is InChI=1S/C13H7N3O/c1-2-4-10-9(3-1)15-12-8-7-14-6-5-11(8)17-13(12)16-10/h1-7H. The fourth-order valence-corrected chi connectivity index (χ4v) is 1.98. The topological polar surface area (TPSA) is 51.8 Å². The van der Waals surface area contributed by atoms with E-state index in [2.05, 4.69) is 15.0 Å². The highest BCUT2D eigenvalue weighted by atomic mass is 16.3. The van der Waals surface area contributed by atoms with Gasteiger partial charge >= 0.3 is 0 Å². The molecule has 0 N–H and O–H groups in total. The first-order chi connectivity index (χ1) is 8.42. The van der Waals surface area contributed by atoms with E-state index in [0.717, 1.165) is 27.5 Å². The van der Waals surface area contributed by atoms with Crippen molar-refractivity contribution in [2.45, 2.75) is 0 Å². The summed E-state index contributed by atoms with van der Waals surface area (Å²) in [6.07, 6.45) is 3.45. The maximum absolute atomic E-state index is 5.65. The predicted molar refractivity (Wildman–Crippen MR) is 64.6 cm³/mol. The number of pyridine rings is 1. The molecule has 0 fully saturated rings. The Balaban J connectivity index is 2.28. The molecule has 4 nitrogen and oxygen atoms in total. The molecule has 3 aromatic heterocycles. The van der Waals surface area contributed by atoms with Gasteiger partial charge in [0, 0.05) is 12.4 Å². The van der Waals surface area contributed by atoms with Crippen LogP contribution >= 0.6 is 0 Å². The summed E-state index contributed by atoms with van der Waals surface area (Å²) in [5.41, 5.74) is 3.81. The highest BCUT2D eigenvalue weighted by Crippen LogP contribution is 2.26. The van der Waals surface area contributed by atoms with Gasteiger partial charge in [0.05, 0.1) is 16.4 Å². The second-order valence-electron chi connectivity index (χ2n) is 3.84. The molecule has 1 aromatic carbocycles. The third kappa shape index (κ3) is 1.15. The van der Waals surface area contributed by atoms with E-state index in [-0.39, 0.29) is 0 Å². The zero-order valence-corrected chi connectivity index (χ0v) is 8.79. The van der Waals surface area contributed by atoms with Gasteiger partial charge in [-0.2, -0.15) is 0 Å². The molecule has 0 aliphatic rings. The third-order valence-electron chi connectivity index (χ3n) is 2.78. The van der Waals surface area contributed by atoms with Crippen LogP contribution in [0.1, 0.15) is 0 Å². The normalized spacial score (nSPS) is 11.5. The number of hydrogen-bond acceptors (Lipinski definition) is 4. The molecule has 0 aliphatic heterocycles. The molecule has 80 valence electrons. The summed E-state index contributed by atoms with van der Waals surface area (Å²) in [6, 6.07) is 9.57. The van der Waals surface area contributed by atoms with Crippen LogP contribution < -0.4 is 0 Å². The summed E-state index contributed by atoms with van der Waals surface area (Å²) < 4.78 is 5.65. The van der Waals surface area contributed by atoms with Crippen LogP contribution in [-0.2, 0) is 0 Å². The number of nitrogens with zero attached hydrogens (tertiary/aromatic N) is 3. The van der Waals surface area contributed by atoms with Crippen molar-refractivity contribution in [2.24, 2.45) is 0 Å². The Labute approximate surface area is 95.9 Å². The van der Waals surface area contributed by atoms with Crippen molar-refractivity contribution in [1.29, 1.82) is 0 Å². The zero-order chi connectivity index (χ0) is 11.2. The van der Waals surface area contributed by atoms with Crippen LogP contribution in [-0.4, -0.2) is 15.0 Å². The monoisotopic (exact) mass is 221 g/mol. The van der Waals surface area contributed by atoms with E-state index in [1.54, 1.807) is 12.4 Å². The number of fused-ring (bicyclic) bond motifs is 4. The van der Waals surface area contributed by atoms with Gasteiger partial charge in [0.1, 0.15) is 11.1 Å². The molecule has 3 heterocycles. The molecule has 17 heavy (non-hydrogen) atoms. The lowest BCUT2D eigenvalue weighted by molar-refractivity contribution is 0.654. The minimum atomic E-state index is 0.562. The van der Waals surface area contributed by atoms with Gasteiger partial charge in [-0.05, 0) is 18.2 Å². The Morgan fingerprint density at radius 3 is 2.65 bits per heavy atom. The van der Waals surface area contributed by atoms with Crippen molar-refractivity contribution in [3.8, 4) is 0 Å². The van der Waals surface area contributed by atoms with Gasteiger partial charge in [0.25, 0.3) is 0 Å². The molecule has 0 radical (unpaired) electrons. The molecule has 4 heteroatoms. The van der Waals surface area contributed by atoms with Crippen LogP contribution in [0, 0.1) is 0 Å². The number of aromatic nitrogens is 3. The van der Waals surface area contributed by atoms with E-state index < -0.39 is 0 Å². The van der Waals surface area contributed by atoms with Crippen molar-refractivity contribution < 1.29 is 4.42 Å². The summed E-state index contributed by atoms with van der Waals surface area (Å²) >= 11 is 0. The lowest BCUT2D eigenvalue weighted by atomic mass is 10.3. The average Bonchev–Trinajstić information content (AvgIpc) is 2.73. The van der Waals surface area contributed by atoms with E-state index in [9.17, 15) is 0 Å². The Morgan fingerprint density at radius 1 is 0.941 bits per heavy atom. The molecule has 0 amide bonds. The van der Waals surface area contributed by atoms with E-state index >= 15 is 0 Å². The van der Waals surface area contributed by atoms with Crippen LogP contribution in [0.15, 0.2) is 47.1 Å². The van der Waals surface area contributed by atoms with E-state index in [1.165, 1.54) is 0 Å². The quantitative estimate of drug-likeness (QED) is 0.458. The van der Waals surface area contributed by atoms with Crippen molar-refractivity contribution in [3.63, 3.8) is 0 Å². The second kappa shape index (κ2) is 3.01. The number of benzene rings is 1. The fourth-order valence-electron chi connectivity index (χ4n) is 1.98. The molecular formula is C13H7N3O. The molecular weight excluding hydrogens is 214 g/mol. The Bertz CT molecular complexity index is 845. The van der Waals surface area contributed by atoms with Gasteiger partial charge in [-0.25, -0.2) is 9.97 Å². The van der Waals surface area contributed by atoms with Crippen molar-refractivity contribution in [1.82, 2.24) is 15.0 Å². The molecule has 0 spiro atoms. The lowest BCUT2D eigenvalue weighted by Crippen LogP contribution is -1.83. The van der Waals surface area contributed by atoms with Crippen LogP contribution in [0.4, 0.5) is 0 Å². The van der Waals surface area contributed by atoms with Crippen LogP contribution in [0.3, 0.4) is 0 Å². The van der Waals surface area contributed by atoms with Crippen LogP contribution in [0.25, 0.3) is 33.2 Å². The summed E-state index contributed by atoms with van der Waals surface area (Å²) in [5, 5.41) is 0.903. The van der Waals surface area contributed by atoms with Gasteiger partial charge in [-0.3, -0.25) is 4.98 Å². The smallest absolute Gasteiger partial charge is 0.246 e. The maximum atomic E-state index is 5.65. The molecule has 0 unspecified atom stereocenters. The first-order valence-electron chi connectivity index (χ1n) is 5.31. The molecule has 0 saturated heterocycles. The minimum Gasteiger partial charge on any atom is -0.436 e. The summed E-state index contributed by atoms with van der Waals surface area (Å²) in [4.78, 5) is 13.1. The van der Waals surface area contributed by atoms with Crippen molar-refractivity contribution in [3.05, 3.63) is 42.7 Å². The maximum Gasteiger partial charge on any atom is 0.246 e. The first-order valence-corrected chi connectivity index (χ1v) is 5.31. The van der Waals surface area contributed by atoms with Gasteiger partial charge in [-0.15, -0.1) is 0 Å². The molecule has 0 aliphatic carbocycles. The lowest BCUT2D eigenvalue weighted by Gasteiger charge is -1.94. The highest BCUT2D eigenvalue weighted by molar-refractivity contribution is 6.02. The number of furan rings is 1. The Kier molecular flexibility index (Phi) is 1.53. The van der Waals surface area contributed by atoms with Crippen LogP contribution in [0.5, 0.6) is 0 Å². The Morgan fingerprint density at radius 2 is 1.76 bits per heavy atom. The van der Waals surface area contributed by atoms with Crippen molar-refractivity contribution in [2.75, 3.05) is 0 Å². The zero-order valence-electron chi connectivity index (χ0n) is 8.79. The van der Waals surface area contributed by atoms with E-state index in [0.29, 0.717) is 5.71 Å². The van der Waals surface area contributed by atoms with Gasteiger partial charge < -0.3 is 4.42 Å². The number of rotatable bonds is 0. The summed E-state index contributed by atoms with van der Waals surface area (Å²) in [5.74, 6) is 0. The third-order valence-corrected chi connectivity index (χ3v) is 2.78. The molecule has 0 bridgehead atoms. The summed E-state index contributed by atoms with van der Waals surface area (Å²) in [7, 11) is 0. The predicted octanol–water partition coefficient (Wildman–Crippen LogP) is 2.92. The van der Waals surface area contributed by atoms with Crippen LogP contribution in [0.2, 0.25) is 0 Å². The van der Waals surface area contributed by atoms with Gasteiger partial charge in [-0.1, -0.05) is 12.1 Å². The summed E-state index contributed by atoms with van der Waals surface area (Å²) in [6.45, 7) is 0. The molecule has 0 saturated carbocycles. The first kappa shape index (κ1) is 8.64. The van der Waals surface area contributed by atoms with E-state index in [1.807, 2.05) is 30.3 Å². The average molecular weight is 221 g/mol. The van der Waals surface area contributed by atoms with Gasteiger partial charge in [0.15, 0.2) is 0 Å². The second-order valence-corrected chi connectivity index (χ2v) is 3.84. The largest absolute Gasteiger partial charge is 0.436 e. The number of para-hydroxylation sites is 2. The minimum absolute atomic E-state index is 0.562. The van der Waals surface area contributed by atoms with E-state index in [4.69, 9.17) is 4.42 Å². The molecule has 4 aromatic rings. The van der Waals surface area contributed by atoms with Crippen molar-refractivity contribution >= 4 is 33.2 Å². The number of hydrogen-bond donors (Lipinski definition) is 0. The SMILES string of the molecule is c1ccc2nc3c(nc2c1)oc1ccncc13. The highest BCUT2D eigenvalue weighted by Gasteiger charge is 2.10. The van der Waals surface area contributed by atoms with Gasteiger partial charge in [0.2, 0.25) is 5.71 Å². The molecule has 0 atom stereocenters.